The van der Waals surface area contributed by atoms with Gasteiger partial charge in [-0.3, -0.25) is 4.68 Å². The van der Waals surface area contributed by atoms with E-state index in [1.165, 1.54) is 0 Å². The van der Waals surface area contributed by atoms with Crippen LogP contribution in [0.15, 0.2) is 29.3 Å². The summed E-state index contributed by atoms with van der Waals surface area (Å²) < 4.78 is 1.85. The average Bonchev–Trinajstić information content (AvgIpc) is 2.77. The van der Waals surface area contributed by atoms with E-state index in [0.29, 0.717) is 6.54 Å². The highest BCUT2D eigenvalue weighted by Gasteiger charge is 2.09. The molecule has 2 aromatic rings. The third-order valence-electron chi connectivity index (χ3n) is 3.24. The summed E-state index contributed by atoms with van der Waals surface area (Å²) in [7, 11) is 1.93. The normalized spacial score (nSPS) is 10.3. The fourth-order valence-corrected chi connectivity index (χ4v) is 2.76. The Morgan fingerprint density at radius 3 is 2.85 bits per heavy atom. The van der Waals surface area contributed by atoms with Gasteiger partial charge in [-0.25, -0.2) is 0 Å². The van der Waals surface area contributed by atoms with Crippen molar-refractivity contribution in [1.29, 1.82) is 5.26 Å². The van der Waals surface area contributed by atoms with Gasteiger partial charge >= 0.3 is 0 Å². The molecule has 0 aliphatic rings. The van der Waals surface area contributed by atoms with Crippen molar-refractivity contribution in [2.75, 3.05) is 11.1 Å². The van der Waals surface area contributed by atoms with E-state index in [0.717, 1.165) is 33.2 Å². The average molecular weight is 286 g/mol. The highest BCUT2D eigenvalue weighted by atomic mass is 32.2. The minimum atomic E-state index is 0.675. The number of anilines is 1. The number of nitriles is 1. The number of thioether (sulfide) groups is 1. The van der Waals surface area contributed by atoms with Gasteiger partial charge in [0.15, 0.2) is 0 Å². The summed E-state index contributed by atoms with van der Waals surface area (Å²) in [5.74, 6) is 0.958. The summed E-state index contributed by atoms with van der Waals surface area (Å²) in [4.78, 5) is 1.03. The molecule has 0 saturated carbocycles. The fourth-order valence-electron chi connectivity index (χ4n) is 1.98. The van der Waals surface area contributed by atoms with Crippen LogP contribution in [0.4, 0.5) is 5.69 Å². The van der Waals surface area contributed by atoms with Crippen molar-refractivity contribution in [3.63, 3.8) is 0 Å². The zero-order valence-corrected chi connectivity index (χ0v) is 12.8. The van der Waals surface area contributed by atoms with Gasteiger partial charge < -0.3 is 5.32 Å². The largest absolute Gasteiger partial charge is 0.380 e. The Morgan fingerprint density at radius 2 is 2.25 bits per heavy atom. The van der Waals surface area contributed by atoms with Crippen LogP contribution in [0.3, 0.4) is 0 Å². The first-order chi connectivity index (χ1) is 9.67. The van der Waals surface area contributed by atoms with Crippen molar-refractivity contribution in [3.8, 4) is 6.07 Å². The zero-order chi connectivity index (χ0) is 14.5. The summed E-state index contributed by atoms with van der Waals surface area (Å²) >= 11 is 1.69. The third-order valence-corrected chi connectivity index (χ3v) is 4.18. The smallest absolute Gasteiger partial charge is 0.102 e. The van der Waals surface area contributed by atoms with Crippen molar-refractivity contribution in [3.05, 3.63) is 41.2 Å². The van der Waals surface area contributed by atoms with E-state index in [4.69, 9.17) is 0 Å². The van der Waals surface area contributed by atoms with Gasteiger partial charge in [-0.05, 0) is 24.8 Å². The number of aryl methyl sites for hydroxylation is 1. The number of benzene rings is 1. The second kappa shape index (κ2) is 6.49. The molecule has 1 aromatic heterocycles. The highest BCUT2D eigenvalue weighted by Crippen LogP contribution is 2.28. The van der Waals surface area contributed by atoms with Crippen LogP contribution in [-0.2, 0) is 13.6 Å². The molecule has 0 atom stereocenters. The first-order valence-corrected chi connectivity index (χ1v) is 7.53. The lowest BCUT2D eigenvalue weighted by atomic mass is 10.2. The molecule has 4 nitrogen and oxygen atoms in total. The maximum atomic E-state index is 9.36. The Kier molecular flexibility index (Phi) is 4.70. The number of nitrogens with zero attached hydrogens (tertiary/aromatic N) is 3. The van der Waals surface area contributed by atoms with Gasteiger partial charge in [-0.1, -0.05) is 13.0 Å². The molecule has 104 valence electrons. The first-order valence-electron chi connectivity index (χ1n) is 6.54. The van der Waals surface area contributed by atoms with Crippen molar-refractivity contribution >= 4 is 17.4 Å². The minimum Gasteiger partial charge on any atom is -0.380 e. The summed E-state index contributed by atoms with van der Waals surface area (Å²) in [5, 5.41) is 16.9. The molecule has 20 heavy (non-hydrogen) atoms. The molecule has 0 saturated heterocycles. The molecule has 1 N–H and O–H groups in total. The summed E-state index contributed by atoms with van der Waals surface area (Å²) in [6, 6.07) is 8.23. The van der Waals surface area contributed by atoms with Gasteiger partial charge in [0.25, 0.3) is 0 Å². The summed E-state index contributed by atoms with van der Waals surface area (Å²) in [6.45, 7) is 4.80. The molecule has 0 radical (unpaired) electrons. The van der Waals surface area contributed by atoms with Gasteiger partial charge in [0.1, 0.15) is 6.07 Å². The molecule has 0 fully saturated rings. The van der Waals surface area contributed by atoms with E-state index in [1.807, 2.05) is 43.0 Å². The predicted octanol–water partition coefficient (Wildman–Crippen LogP) is 3.32. The summed E-state index contributed by atoms with van der Waals surface area (Å²) in [5.41, 5.74) is 3.88. The van der Waals surface area contributed by atoms with E-state index in [1.54, 1.807) is 11.8 Å². The molecule has 0 spiro atoms. The molecule has 0 bridgehead atoms. The second-order valence-electron chi connectivity index (χ2n) is 4.46. The molecular weight excluding hydrogens is 268 g/mol. The van der Waals surface area contributed by atoms with Crippen LogP contribution in [-0.4, -0.2) is 15.5 Å². The number of rotatable bonds is 5. The molecule has 0 aliphatic heterocycles. The van der Waals surface area contributed by atoms with Crippen molar-refractivity contribution in [1.82, 2.24) is 9.78 Å². The predicted molar refractivity (Wildman–Crippen MR) is 82.8 cm³/mol. The maximum absolute atomic E-state index is 9.36. The Balaban J connectivity index is 2.19. The van der Waals surface area contributed by atoms with Gasteiger partial charge in [0.2, 0.25) is 0 Å². The second-order valence-corrected chi connectivity index (χ2v) is 5.76. The lowest BCUT2D eigenvalue weighted by Gasteiger charge is -2.11. The Bertz CT molecular complexity index is 640. The van der Waals surface area contributed by atoms with Crippen LogP contribution >= 0.6 is 11.8 Å². The molecule has 0 unspecified atom stereocenters. The number of nitrogens with one attached hydrogen (secondary N) is 1. The third kappa shape index (κ3) is 2.97. The summed E-state index contributed by atoms with van der Waals surface area (Å²) in [6.07, 6.45) is 1.86. The van der Waals surface area contributed by atoms with E-state index < -0.39 is 0 Å². The van der Waals surface area contributed by atoms with E-state index in [-0.39, 0.29) is 0 Å². The molecular formula is C15H18N4S. The number of hydrogen-bond acceptors (Lipinski definition) is 4. The van der Waals surface area contributed by atoms with E-state index in [9.17, 15) is 5.26 Å². The molecule has 2 rings (SSSR count). The SMILES string of the molecule is CCSc1cccc(NCc2cnn(C)c2C)c1C#N. The van der Waals surface area contributed by atoms with Crippen LogP contribution in [0, 0.1) is 18.3 Å². The van der Waals surface area contributed by atoms with Gasteiger partial charge in [-0.2, -0.15) is 10.4 Å². The van der Waals surface area contributed by atoms with Crippen molar-refractivity contribution in [2.24, 2.45) is 7.05 Å². The van der Waals surface area contributed by atoms with Crippen LogP contribution < -0.4 is 5.32 Å². The van der Waals surface area contributed by atoms with Crippen molar-refractivity contribution in [2.45, 2.75) is 25.3 Å². The Labute approximate surface area is 123 Å². The Morgan fingerprint density at radius 1 is 1.45 bits per heavy atom. The molecule has 5 heteroatoms. The van der Waals surface area contributed by atoms with Crippen LogP contribution in [0.1, 0.15) is 23.7 Å². The standard InChI is InChI=1S/C15H18N4S/c1-4-20-15-7-5-6-14(13(15)8-16)17-9-12-10-18-19(3)11(12)2/h5-7,10,17H,4,9H2,1-3H3. The first kappa shape index (κ1) is 14.5. The lowest BCUT2D eigenvalue weighted by molar-refractivity contribution is 0.738. The topological polar surface area (TPSA) is 53.6 Å². The molecule has 0 amide bonds. The van der Waals surface area contributed by atoms with Gasteiger partial charge in [-0.15, -0.1) is 11.8 Å². The van der Waals surface area contributed by atoms with E-state index >= 15 is 0 Å². The zero-order valence-electron chi connectivity index (χ0n) is 12.0. The van der Waals surface area contributed by atoms with Gasteiger partial charge in [0, 0.05) is 29.7 Å². The monoisotopic (exact) mass is 286 g/mol. The van der Waals surface area contributed by atoms with Crippen molar-refractivity contribution < 1.29 is 0 Å². The van der Waals surface area contributed by atoms with Crippen LogP contribution in [0.5, 0.6) is 0 Å². The van der Waals surface area contributed by atoms with Crippen LogP contribution in [0.25, 0.3) is 0 Å². The fraction of sp³-hybridized carbons (Fsp3) is 0.333. The quantitative estimate of drug-likeness (QED) is 0.857. The molecule has 0 aliphatic carbocycles. The lowest BCUT2D eigenvalue weighted by Crippen LogP contribution is -2.03. The molecule has 1 heterocycles. The Hall–Kier alpha value is -1.93. The minimum absolute atomic E-state index is 0.675. The molecule has 1 aromatic carbocycles. The van der Waals surface area contributed by atoms with Gasteiger partial charge in [0.05, 0.1) is 17.4 Å². The highest BCUT2D eigenvalue weighted by molar-refractivity contribution is 7.99. The number of hydrogen-bond donors (Lipinski definition) is 1. The van der Waals surface area contributed by atoms with Crippen LogP contribution in [0.2, 0.25) is 0 Å². The van der Waals surface area contributed by atoms with E-state index in [2.05, 4.69) is 23.4 Å². The number of aromatic nitrogens is 2. The maximum Gasteiger partial charge on any atom is 0.102 e.